The molecule has 0 unspecified atom stereocenters. The van der Waals surface area contributed by atoms with Crippen LogP contribution in [0.1, 0.15) is 35.8 Å². The largest absolute Gasteiger partial charge is 0.508 e. The van der Waals surface area contributed by atoms with Gasteiger partial charge >= 0.3 is 0 Å². The Kier molecular flexibility index (Phi) is 7.13. The summed E-state index contributed by atoms with van der Waals surface area (Å²) in [5.41, 5.74) is 5.75. The van der Waals surface area contributed by atoms with Crippen LogP contribution in [-0.4, -0.2) is 32.0 Å². The number of amides is 1. The lowest BCUT2D eigenvalue weighted by Crippen LogP contribution is -2.24. The number of phenols is 1. The maximum absolute atomic E-state index is 13.7. The van der Waals surface area contributed by atoms with Crippen molar-refractivity contribution < 1.29 is 9.90 Å². The SMILES string of the molecule is CCC(=NNC(=O)CSc1nc2sc3c(c2c(=O)n1-c1ccc(Cl)cc1)CCC3)c1ccc(O)cc1. The van der Waals surface area contributed by atoms with E-state index in [1.54, 1.807) is 64.4 Å². The summed E-state index contributed by atoms with van der Waals surface area (Å²) in [6, 6.07) is 13.7. The summed E-state index contributed by atoms with van der Waals surface area (Å²) < 4.78 is 1.57. The highest BCUT2D eigenvalue weighted by Crippen LogP contribution is 2.36. The minimum absolute atomic E-state index is 0.0344. The van der Waals surface area contributed by atoms with E-state index in [0.29, 0.717) is 33.4 Å². The predicted octanol–water partition coefficient (Wildman–Crippen LogP) is 5.32. The Morgan fingerprint density at radius 1 is 1.19 bits per heavy atom. The van der Waals surface area contributed by atoms with Gasteiger partial charge in [-0.1, -0.05) is 30.3 Å². The highest BCUT2D eigenvalue weighted by atomic mass is 35.5. The molecule has 0 atom stereocenters. The summed E-state index contributed by atoms with van der Waals surface area (Å²) in [6.45, 7) is 1.94. The van der Waals surface area contributed by atoms with Crippen LogP contribution in [0.25, 0.3) is 15.9 Å². The molecule has 184 valence electrons. The standard InChI is InChI=1S/C26H23ClN4O3S2/c1-2-20(15-6-12-18(32)13-7-15)29-30-22(33)14-35-26-28-24-23(19-4-3-5-21(19)36-24)25(34)31(26)17-10-8-16(27)9-11-17/h6-13,32H,2-5,14H2,1H3,(H,30,33). The molecule has 2 aromatic heterocycles. The summed E-state index contributed by atoms with van der Waals surface area (Å²) in [4.78, 5) is 33.1. The van der Waals surface area contributed by atoms with E-state index in [1.165, 1.54) is 16.6 Å². The van der Waals surface area contributed by atoms with E-state index in [-0.39, 0.29) is 23.0 Å². The number of carbonyl (C=O) groups excluding carboxylic acids is 1. The molecule has 5 rings (SSSR count). The summed E-state index contributed by atoms with van der Waals surface area (Å²) in [5.74, 6) is -0.107. The first kappa shape index (κ1) is 24.5. The first-order chi connectivity index (χ1) is 17.4. The Bertz CT molecular complexity index is 1530. The van der Waals surface area contributed by atoms with Gasteiger partial charge in [0.2, 0.25) is 0 Å². The Morgan fingerprint density at radius 2 is 1.94 bits per heavy atom. The molecular formula is C26H23ClN4O3S2. The van der Waals surface area contributed by atoms with Crippen molar-refractivity contribution in [1.29, 1.82) is 0 Å². The lowest BCUT2D eigenvalue weighted by Gasteiger charge is -2.12. The van der Waals surface area contributed by atoms with E-state index in [9.17, 15) is 14.7 Å². The van der Waals surface area contributed by atoms with Crippen LogP contribution >= 0.6 is 34.7 Å². The average Bonchev–Trinajstić information content (AvgIpc) is 3.46. The number of nitrogens with zero attached hydrogens (tertiary/aromatic N) is 3. The Balaban J connectivity index is 1.42. The number of hydrogen-bond acceptors (Lipinski definition) is 7. The molecule has 10 heteroatoms. The zero-order valence-corrected chi connectivity index (χ0v) is 21.8. The highest BCUT2D eigenvalue weighted by Gasteiger charge is 2.24. The molecular weight excluding hydrogens is 516 g/mol. The number of aromatic hydroxyl groups is 1. The van der Waals surface area contributed by atoms with E-state index in [0.717, 1.165) is 35.2 Å². The number of carbonyl (C=O) groups is 1. The predicted molar refractivity (Wildman–Crippen MR) is 146 cm³/mol. The van der Waals surface area contributed by atoms with Crippen molar-refractivity contribution >= 4 is 56.5 Å². The zero-order valence-electron chi connectivity index (χ0n) is 19.5. The molecule has 0 saturated carbocycles. The van der Waals surface area contributed by atoms with Crippen molar-refractivity contribution in [3.63, 3.8) is 0 Å². The number of benzene rings is 2. The van der Waals surface area contributed by atoms with Gasteiger partial charge in [0.1, 0.15) is 10.6 Å². The van der Waals surface area contributed by atoms with Crippen LogP contribution in [0.3, 0.4) is 0 Å². The number of hydrogen-bond donors (Lipinski definition) is 2. The minimum Gasteiger partial charge on any atom is -0.508 e. The van der Waals surface area contributed by atoms with Crippen molar-refractivity contribution in [2.24, 2.45) is 5.10 Å². The maximum atomic E-state index is 13.7. The van der Waals surface area contributed by atoms with Gasteiger partial charge in [-0.05, 0) is 85.3 Å². The first-order valence-electron chi connectivity index (χ1n) is 11.6. The molecule has 7 nitrogen and oxygen atoms in total. The zero-order chi connectivity index (χ0) is 25.2. The van der Waals surface area contributed by atoms with Crippen molar-refractivity contribution in [2.75, 3.05) is 5.75 Å². The number of thiophene rings is 1. The van der Waals surface area contributed by atoms with Crippen LogP contribution < -0.4 is 11.0 Å². The molecule has 2 N–H and O–H groups in total. The topological polar surface area (TPSA) is 96.6 Å². The van der Waals surface area contributed by atoms with Crippen molar-refractivity contribution in [3.8, 4) is 11.4 Å². The summed E-state index contributed by atoms with van der Waals surface area (Å²) in [6.07, 6.45) is 3.52. The number of fused-ring (bicyclic) bond motifs is 3. The van der Waals surface area contributed by atoms with Gasteiger partial charge in [0.25, 0.3) is 11.5 Å². The van der Waals surface area contributed by atoms with Crippen LogP contribution in [0.4, 0.5) is 0 Å². The fourth-order valence-electron chi connectivity index (χ4n) is 4.23. The van der Waals surface area contributed by atoms with E-state index >= 15 is 0 Å². The number of thioether (sulfide) groups is 1. The second-order valence-corrected chi connectivity index (χ2v) is 10.8. The summed E-state index contributed by atoms with van der Waals surface area (Å²) >= 11 is 8.84. The Morgan fingerprint density at radius 3 is 2.67 bits per heavy atom. The van der Waals surface area contributed by atoms with Crippen molar-refractivity contribution in [2.45, 2.75) is 37.8 Å². The van der Waals surface area contributed by atoms with Gasteiger partial charge in [-0.15, -0.1) is 11.3 Å². The van der Waals surface area contributed by atoms with E-state index in [4.69, 9.17) is 16.6 Å². The molecule has 1 amide bonds. The van der Waals surface area contributed by atoms with E-state index in [1.807, 2.05) is 6.92 Å². The summed E-state index contributed by atoms with van der Waals surface area (Å²) in [5, 5.41) is 15.5. The average molecular weight is 539 g/mol. The molecule has 2 heterocycles. The number of rotatable bonds is 7. The van der Waals surface area contributed by atoms with Gasteiger partial charge in [-0.25, -0.2) is 10.4 Å². The van der Waals surface area contributed by atoms with Gasteiger partial charge in [0, 0.05) is 9.90 Å². The normalized spacial score (nSPS) is 13.2. The maximum Gasteiger partial charge on any atom is 0.267 e. The quantitative estimate of drug-likeness (QED) is 0.144. The number of hydrazone groups is 1. The van der Waals surface area contributed by atoms with Crippen LogP contribution in [0, 0.1) is 0 Å². The molecule has 2 aromatic carbocycles. The third kappa shape index (κ3) is 4.91. The van der Waals surface area contributed by atoms with Gasteiger partial charge in [0.15, 0.2) is 5.16 Å². The third-order valence-electron chi connectivity index (χ3n) is 5.98. The molecule has 1 aliphatic rings. The monoisotopic (exact) mass is 538 g/mol. The Hall–Kier alpha value is -3.14. The molecule has 4 aromatic rings. The van der Waals surface area contributed by atoms with E-state index < -0.39 is 0 Å². The van der Waals surface area contributed by atoms with E-state index in [2.05, 4.69) is 10.5 Å². The number of halogens is 1. The number of aromatic nitrogens is 2. The third-order valence-corrected chi connectivity index (χ3v) is 8.35. The van der Waals surface area contributed by atoms with Gasteiger partial charge in [0.05, 0.1) is 22.5 Å². The molecule has 0 aliphatic heterocycles. The van der Waals surface area contributed by atoms with Crippen molar-refractivity contribution in [1.82, 2.24) is 15.0 Å². The molecule has 36 heavy (non-hydrogen) atoms. The van der Waals surface area contributed by atoms with Gasteiger partial charge in [-0.2, -0.15) is 5.10 Å². The highest BCUT2D eigenvalue weighted by molar-refractivity contribution is 7.99. The van der Waals surface area contributed by atoms with Crippen molar-refractivity contribution in [3.05, 3.63) is 79.9 Å². The van der Waals surface area contributed by atoms with Crippen LogP contribution in [-0.2, 0) is 17.6 Å². The lowest BCUT2D eigenvalue weighted by molar-refractivity contribution is -0.118. The molecule has 0 spiro atoms. The second kappa shape index (κ2) is 10.5. The van der Waals surface area contributed by atoms with Crippen LogP contribution in [0.5, 0.6) is 5.75 Å². The van der Waals surface area contributed by atoms with Gasteiger partial charge in [-0.3, -0.25) is 14.2 Å². The smallest absolute Gasteiger partial charge is 0.267 e. The molecule has 1 aliphatic carbocycles. The number of nitrogens with one attached hydrogen (secondary N) is 1. The minimum atomic E-state index is -0.310. The fourth-order valence-corrected chi connectivity index (χ4v) is 6.47. The molecule has 0 saturated heterocycles. The second-order valence-electron chi connectivity index (χ2n) is 8.33. The Labute approximate surface area is 220 Å². The first-order valence-corrected chi connectivity index (χ1v) is 13.7. The summed E-state index contributed by atoms with van der Waals surface area (Å²) in [7, 11) is 0. The van der Waals surface area contributed by atoms with Crippen LogP contribution in [0.2, 0.25) is 5.02 Å². The molecule has 0 fully saturated rings. The molecule has 0 radical (unpaired) electrons. The van der Waals surface area contributed by atoms with Gasteiger partial charge < -0.3 is 5.11 Å². The van der Waals surface area contributed by atoms with Crippen LogP contribution in [0.15, 0.2) is 63.6 Å². The lowest BCUT2D eigenvalue weighted by atomic mass is 10.1. The number of phenolic OH excluding ortho intramolecular Hbond substituents is 1. The number of aryl methyl sites for hydroxylation is 2. The molecule has 0 bridgehead atoms. The fraction of sp³-hybridized carbons (Fsp3) is 0.231.